The van der Waals surface area contributed by atoms with Crippen molar-refractivity contribution in [3.63, 3.8) is 0 Å². The number of rotatable bonds is 7. The highest BCUT2D eigenvalue weighted by molar-refractivity contribution is 7.89. The van der Waals surface area contributed by atoms with E-state index in [1.165, 1.54) is 12.1 Å². The van der Waals surface area contributed by atoms with Crippen LogP contribution in [-0.2, 0) is 14.8 Å². The first-order valence-corrected chi connectivity index (χ1v) is 10.1. The van der Waals surface area contributed by atoms with E-state index in [0.29, 0.717) is 5.92 Å². The van der Waals surface area contributed by atoms with Gasteiger partial charge in [-0.2, -0.15) is 4.72 Å². The van der Waals surface area contributed by atoms with Crippen molar-refractivity contribution in [1.82, 2.24) is 10.0 Å². The van der Waals surface area contributed by atoms with Crippen molar-refractivity contribution in [2.75, 3.05) is 0 Å². The maximum atomic E-state index is 12.7. The van der Waals surface area contributed by atoms with Gasteiger partial charge >= 0.3 is 0 Å². The molecule has 1 fully saturated rings. The fraction of sp³-hybridized carbons (Fsp3) is 0.562. The zero-order valence-electron chi connectivity index (χ0n) is 13.8. The maximum Gasteiger partial charge on any atom is 0.244 e. The number of nitrogens with one attached hydrogen (secondary N) is 2. The van der Waals surface area contributed by atoms with Crippen LogP contribution in [0.5, 0.6) is 0 Å². The summed E-state index contributed by atoms with van der Waals surface area (Å²) >= 11 is 12.0. The summed E-state index contributed by atoms with van der Waals surface area (Å²) < 4.78 is 27.8. The summed E-state index contributed by atoms with van der Waals surface area (Å²) in [5.74, 6) is -0.0834. The molecule has 1 aliphatic rings. The summed E-state index contributed by atoms with van der Waals surface area (Å²) in [5.41, 5.74) is 0. The van der Waals surface area contributed by atoms with Gasteiger partial charge in [0.1, 0.15) is 10.9 Å². The van der Waals surface area contributed by atoms with Crippen LogP contribution < -0.4 is 10.0 Å². The minimum Gasteiger partial charge on any atom is -0.352 e. The highest BCUT2D eigenvalue weighted by Gasteiger charge is 2.34. The molecule has 24 heavy (non-hydrogen) atoms. The monoisotopic (exact) mass is 392 g/mol. The van der Waals surface area contributed by atoms with Gasteiger partial charge in [-0.1, -0.05) is 43.1 Å². The molecule has 0 unspecified atom stereocenters. The number of hydrogen-bond donors (Lipinski definition) is 2. The Kier molecular flexibility index (Phi) is 6.18. The summed E-state index contributed by atoms with van der Waals surface area (Å²) in [4.78, 5) is 12.3. The molecule has 1 amide bonds. The van der Waals surface area contributed by atoms with E-state index in [1.807, 2.05) is 6.92 Å². The molecule has 1 aromatic rings. The molecule has 0 bridgehead atoms. The van der Waals surface area contributed by atoms with Gasteiger partial charge in [0, 0.05) is 6.04 Å². The average Bonchev–Trinajstić information content (AvgIpc) is 3.28. The lowest BCUT2D eigenvalue weighted by Gasteiger charge is -2.24. The minimum absolute atomic E-state index is 0.0178. The van der Waals surface area contributed by atoms with E-state index in [-0.39, 0.29) is 32.8 Å². The molecule has 134 valence electrons. The summed E-state index contributed by atoms with van der Waals surface area (Å²) in [5, 5.41) is 2.93. The molecule has 1 saturated carbocycles. The second kappa shape index (κ2) is 7.60. The quantitative estimate of drug-likeness (QED) is 0.747. The zero-order chi connectivity index (χ0) is 18.1. The fourth-order valence-electron chi connectivity index (χ4n) is 2.49. The van der Waals surface area contributed by atoms with E-state index in [9.17, 15) is 13.2 Å². The number of halogens is 2. The number of benzene rings is 1. The molecule has 0 aromatic heterocycles. The summed E-state index contributed by atoms with van der Waals surface area (Å²) in [6.45, 7) is 5.50. The molecule has 0 saturated heterocycles. The van der Waals surface area contributed by atoms with Crippen LogP contribution in [0.3, 0.4) is 0 Å². The third kappa shape index (κ3) is 4.63. The van der Waals surface area contributed by atoms with Gasteiger partial charge in [-0.3, -0.25) is 4.79 Å². The molecule has 0 aliphatic heterocycles. The molecule has 2 N–H and O–H groups in total. The van der Waals surface area contributed by atoms with Crippen LogP contribution in [-0.4, -0.2) is 26.4 Å². The highest BCUT2D eigenvalue weighted by Crippen LogP contribution is 2.32. The topological polar surface area (TPSA) is 75.3 Å². The van der Waals surface area contributed by atoms with E-state index in [0.717, 1.165) is 12.8 Å². The predicted octanol–water partition coefficient (Wildman–Crippen LogP) is 3.21. The van der Waals surface area contributed by atoms with Crippen molar-refractivity contribution < 1.29 is 13.2 Å². The lowest BCUT2D eigenvalue weighted by molar-refractivity contribution is -0.124. The largest absolute Gasteiger partial charge is 0.352 e. The average molecular weight is 393 g/mol. The molecule has 5 nitrogen and oxygen atoms in total. The van der Waals surface area contributed by atoms with Gasteiger partial charge in [0.25, 0.3) is 0 Å². The van der Waals surface area contributed by atoms with Gasteiger partial charge in [0.15, 0.2) is 0 Å². The van der Waals surface area contributed by atoms with E-state index in [1.54, 1.807) is 19.9 Å². The highest BCUT2D eigenvalue weighted by atomic mass is 35.5. The first-order chi connectivity index (χ1) is 11.1. The van der Waals surface area contributed by atoms with Crippen molar-refractivity contribution in [2.24, 2.45) is 11.8 Å². The van der Waals surface area contributed by atoms with E-state index < -0.39 is 16.1 Å². The van der Waals surface area contributed by atoms with Gasteiger partial charge in [-0.15, -0.1) is 0 Å². The van der Waals surface area contributed by atoms with Crippen LogP contribution in [0.2, 0.25) is 10.0 Å². The standard InChI is InChI=1S/C16H22Cl2N2O3S/c1-9(2)14(16(21)19-10(3)11-7-8-11)20-24(22,23)15-12(17)5-4-6-13(15)18/h4-6,9-11,14,20H,7-8H2,1-3H3,(H,19,21)/t10-,14+/m0/s1. The molecule has 0 radical (unpaired) electrons. The normalized spacial score (nSPS) is 17.6. The Labute approximate surface area is 153 Å². The Morgan fingerprint density at radius 1 is 1.17 bits per heavy atom. The van der Waals surface area contributed by atoms with Crippen LogP contribution in [0.15, 0.2) is 23.1 Å². The van der Waals surface area contributed by atoms with E-state index in [2.05, 4.69) is 10.0 Å². The van der Waals surface area contributed by atoms with E-state index >= 15 is 0 Å². The molecule has 0 spiro atoms. The minimum atomic E-state index is -4.03. The van der Waals surface area contributed by atoms with Gasteiger partial charge in [-0.05, 0) is 43.7 Å². The second-order valence-electron chi connectivity index (χ2n) is 6.53. The molecule has 0 heterocycles. The summed E-state index contributed by atoms with van der Waals surface area (Å²) in [7, 11) is -4.03. The van der Waals surface area contributed by atoms with E-state index in [4.69, 9.17) is 23.2 Å². The van der Waals surface area contributed by atoms with Crippen LogP contribution in [0, 0.1) is 11.8 Å². The number of sulfonamides is 1. The summed E-state index contributed by atoms with van der Waals surface area (Å²) in [6.07, 6.45) is 2.18. The van der Waals surface area contributed by atoms with Gasteiger partial charge in [-0.25, -0.2) is 8.42 Å². The predicted molar refractivity (Wildman–Crippen MR) is 95.7 cm³/mol. The van der Waals surface area contributed by atoms with Crippen molar-refractivity contribution in [1.29, 1.82) is 0 Å². The number of carbonyl (C=O) groups is 1. The Morgan fingerprint density at radius 2 is 1.71 bits per heavy atom. The first-order valence-electron chi connectivity index (χ1n) is 7.90. The van der Waals surface area contributed by atoms with Crippen molar-refractivity contribution >= 4 is 39.1 Å². The maximum absolute atomic E-state index is 12.7. The van der Waals surface area contributed by atoms with Gasteiger partial charge in [0.05, 0.1) is 10.0 Å². The number of amides is 1. The summed E-state index contributed by atoms with van der Waals surface area (Å²) in [6, 6.07) is 3.59. The number of carbonyl (C=O) groups excluding carboxylic acids is 1. The number of hydrogen-bond acceptors (Lipinski definition) is 3. The van der Waals surface area contributed by atoms with Gasteiger partial charge < -0.3 is 5.32 Å². The molecule has 1 aliphatic carbocycles. The van der Waals surface area contributed by atoms with Crippen molar-refractivity contribution in [3.05, 3.63) is 28.2 Å². The molecule has 2 rings (SSSR count). The lowest BCUT2D eigenvalue weighted by atomic mass is 10.0. The Morgan fingerprint density at radius 3 is 2.17 bits per heavy atom. The first kappa shape index (κ1) is 19.5. The Bertz CT molecular complexity index is 698. The zero-order valence-corrected chi connectivity index (χ0v) is 16.2. The van der Waals surface area contributed by atoms with Crippen molar-refractivity contribution in [2.45, 2.75) is 50.6 Å². The third-order valence-electron chi connectivity index (χ3n) is 4.12. The fourth-order valence-corrected chi connectivity index (χ4v) is 4.97. The van der Waals surface area contributed by atoms with Crippen LogP contribution in [0.1, 0.15) is 33.6 Å². The lowest BCUT2D eigenvalue weighted by Crippen LogP contribution is -2.51. The Hall–Kier alpha value is -0.820. The van der Waals surface area contributed by atoms with Crippen LogP contribution in [0.25, 0.3) is 0 Å². The Balaban J connectivity index is 2.21. The molecular formula is C16H22Cl2N2O3S. The molecule has 1 aromatic carbocycles. The van der Waals surface area contributed by atoms with Gasteiger partial charge in [0.2, 0.25) is 15.9 Å². The second-order valence-corrected chi connectivity index (χ2v) is 8.99. The molecular weight excluding hydrogens is 371 g/mol. The molecule has 2 atom stereocenters. The molecule has 8 heteroatoms. The smallest absolute Gasteiger partial charge is 0.244 e. The SMILES string of the molecule is CC(C)[C@@H](NS(=O)(=O)c1c(Cl)cccc1Cl)C(=O)N[C@@H](C)C1CC1. The third-order valence-corrected chi connectivity index (χ3v) is 6.51. The van der Waals surface area contributed by atoms with Crippen molar-refractivity contribution in [3.8, 4) is 0 Å². The van der Waals surface area contributed by atoms with Crippen LogP contribution in [0.4, 0.5) is 0 Å². The van der Waals surface area contributed by atoms with Crippen LogP contribution >= 0.6 is 23.2 Å².